The van der Waals surface area contributed by atoms with Crippen molar-refractivity contribution in [3.8, 4) is 23.0 Å². The Morgan fingerprint density at radius 1 is 0.667 bits per heavy atom. The van der Waals surface area contributed by atoms with Gasteiger partial charge in [-0.1, -0.05) is 38.1 Å². The molecule has 0 atom stereocenters. The minimum Gasteiger partial charge on any atom is -0.490 e. The van der Waals surface area contributed by atoms with E-state index in [4.69, 9.17) is 18.9 Å². The number of carbonyl (C=O) groups excluding carboxylic acids is 3. The zero-order valence-corrected chi connectivity index (χ0v) is 23.7. The molecule has 0 aliphatic carbocycles. The Hall–Kier alpha value is -5.25. The standard InChI is InChI=1S/C32H31NO9/c1-32(2,23-9-6-11-25(19-23)41-30(35)37-3)22-8-5-10-24(18-22)39-14-15-40-26-16-21(29(34)28-12-7-13-33-28)17-27(20-26)42-31(36)38-4/h5-13,16-20,33H,14-15H2,1-4H3. The first-order chi connectivity index (χ1) is 20.2. The van der Waals surface area contributed by atoms with Gasteiger partial charge in [-0.2, -0.15) is 0 Å². The smallest absolute Gasteiger partial charge is 0.490 e. The molecular weight excluding hydrogens is 542 g/mol. The zero-order valence-electron chi connectivity index (χ0n) is 23.7. The Bertz CT molecular complexity index is 1540. The van der Waals surface area contributed by atoms with Crippen LogP contribution in [0.1, 0.15) is 41.0 Å². The maximum Gasteiger partial charge on any atom is 0.513 e. The maximum absolute atomic E-state index is 12.9. The number of ketones is 1. The third-order valence-electron chi connectivity index (χ3n) is 6.45. The number of hydrogen-bond donors (Lipinski definition) is 1. The quantitative estimate of drug-likeness (QED) is 0.0950. The van der Waals surface area contributed by atoms with E-state index in [2.05, 4.69) is 28.3 Å². The van der Waals surface area contributed by atoms with E-state index in [1.165, 1.54) is 26.4 Å². The normalized spacial score (nSPS) is 10.9. The van der Waals surface area contributed by atoms with E-state index in [1.807, 2.05) is 36.4 Å². The molecule has 0 amide bonds. The van der Waals surface area contributed by atoms with Gasteiger partial charge >= 0.3 is 12.3 Å². The van der Waals surface area contributed by atoms with E-state index in [0.29, 0.717) is 22.9 Å². The fourth-order valence-corrected chi connectivity index (χ4v) is 4.16. The lowest BCUT2D eigenvalue weighted by Crippen LogP contribution is -2.19. The molecule has 0 fully saturated rings. The van der Waals surface area contributed by atoms with Crippen molar-refractivity contribution >= 4 is 18.1 Å². The molecule has 1 N–H and O–H groups in total. The van der Waals surface area contributed by atoms with Gasteiger partial charge in [0.05, 0.1) is 19.9 Å². The second kappa shape index (κ2) is 13.4. The van der Waals surface area contributed by atoms with Gasteiger partial charge in [0.15, 0.2) is 0 Å². The summed E-state index contributed by atoms with van der Waals surface area (Å²) < 4.78 is 31.3. The molecule has 4 rings (SSSR count). The number of carbonyl (C=O) groups is 3. The Morgan fingerprint density at radius 3 is 1.86 bits per heavy atom. The van der Waals surface area contributed by atoms with Crippen LogP contribution in [-0.4, -0.2) is 50.5 Å². The van der Waals surface area contributed by atoms with Gasteiger partial charge in [-0.3, -0.25) is 4.79 Å². The number of methoxy groups -OCH3 is 2. The molecule has 218 valence electrons. The first-order valence-electron chi connectivity index (χ1n) is 13.0. The van der Waals surface area contributed by atoms with Gasteiger partial charge in [-0.25, -0.2) is 9.59 Å². The third-order valence-corrected chi connectivity index (χ3v) is 6.45. The molecule has 0 spiro atoms. The highest BCUT2D eigenvalue weighted by molar-refractivity contribution is 6.08. The topological polar surface area (TPSA) is 122 Å². The number of nitrogens with one attached hydrogen (secondary N) is 1. The van der Waals surface area contributed by atoms with Crippen LogP contribution >= 0.6 is 0 Å². The molecule has 10 nitrogen and oxygen atoms in total. The number of ether oxygens (including phenoxy) is 6. The van der Waals surface area contributed by atoms with Crippen molar-refractivity contribution in [2.45, 2.75) is 19.3 Å². The molecule has 10 heteroatoms. The minimum absolute atomic E-state index is 0.103. The fourth-order valence-electron chi connectivity index (χ4n) is 4.16. The summed E-state index contributed by atoms with van der Waals surface area (Å²) in [5, 5.41) is 0. The van der Waals surface area contributed by atoms with Crippen molar-refractivity contribution in [1.29, 1.82) is 0 Å². The van der Waals surface area contributed by atoms with Crippen LogP contribution < -0.4 is 18.9 Å². The molecule has 1 heterocycles. The summed E-state index contributed by atoms with van der Waals surface area (Å²) in [6.07, 6.45) is -0.0586. The summed E-state index contributed by atoms with van der Waals surface area (Å²) in [6, 6.07) is 22.8. The summed E-state index contributed by atoms with van der Waals surface area (Å²) in [5.41, 5.74) is 2.13. The van der Waals surface area contributed by atoms with Gasteiger partial charge < -0.3 is 33.4 Å². The van der Waals surface area contributed by atoms with Crippen LogP contribution in [0.5, 0.6) is 23.0 Å². The molecule has 3 aromatic carbocycles. The van der Waals surface area contributed by atoms with Gasteiger partial charge in [0.1, 0.15) is 36.2 Å². The Morgan fingerprint density at radius 2 is 1.24 bits per heavy atom. The summed E-state index contributed by atoms with van der Waals surface area (Å²) >= 11 is 0. The number of hydrogen-bond acceptors (Lipinski definition) is 9. The monoisotopic (exact) mass is 573 g/mol. The second-order valence-corrected chi connectivity index (χ2v) is 9.60. The van der Waals surface area contributed by atoms with Crippen LogP contribution in [0.2, 0.25) is 0 Å². The minimum atomic E-state index is -0.917. The molecular formula is C32H31NO9. The Kier molecular flexibility index (Phi) is 9.49. The average molecular weight is 574 g/mol. The SMILES string of the molecule is COC(=O)Oc1cc(OCCOc2cccc(C(C)(C)c3cccc(OC(=O)OC)c3)c2)cc(C(=O)c2ccc[nH]2)c1. The number of aromatic amines is 1. The van der Waals surface area contributed by atoms with Crippen LogP contribution in [0.15, 0.2) is 85.1 Å². The van der Waals surface area contributed by atoms with Crippen molar-refractivity contribution in [1.82, 2.24) is 4.98 Å². The van der Waals surface area contributed by atoms with Crippen LogP contribution in [0.3, 0.4) is 0 Å². The van der Waals surface area contributed by atoms with Gasteiger partial charge in [-0.15, -0.1) is 0 Å². The van der Waals surface area contributed by atoms with E-state index in [9.17, 15) is 14.4 Å². The van der Waals surface area contributed by atoms with E-state index < -0.39 is 17.7 Å². The van der Waals surface area contributed by atoms with Gasteiger partial charge in [-0.05, 0) is 59.7 Å². The highest BCUT2D eigenvalue weighted by atomic mass is 16.7. The van der Waals surface area contributed by atoms with Crippen LogP contribution in [0.4, 0.5) is 9.59 Å². The summed E-state index contributed by atoms with van der Waals surface area (Å²) in [6.45, 7) is 4.47. The van der Waals surface area contributed by atoms with Crippen molar-refractivity contribution in [2.24, 2.45) is 0 Å². The van der Waals surface area contributed by atoms with Crippen molar-refractivity contribution in [3.63, 3.8) is 0 Å². The van der Waals surface area contributed by atoms with Gasteiger partial charge in [0.2, 0.25) is 5.78 Å². The molecule has 4 aromatic rings. The number of rotatable bonds is 11. The molecule has 0 saturated heterocycles. The average Bonchev–Trinajstić information content (AvgIpc) is 3.54. The molecule has 0 aliphatic heterocycles. The molecule has 0 radical (unpaired) electrons. The Balaban J connectivity index is 1.42. The second-order valence-electron chi connectivity index (χ2n) is 9.60. The number of H-pyrrole nitrogens is 1. The van der Waals surface area contributed by atoms with Crippen LogP contribution in [0, 0.1) is 0 Å². The molecule has 0 saturated carbocycles. The summed E-state index contributed by atoms with van der Waals surface area (Å²) in [7, 11) is 2.45. The fraction of sp³-hybridized carbons (Fsp3) is 0.219. The van der Waals surface area contributed by atoms with E-state index in [1.54, 1.807) is 36.5 Å². The van der Waals surface area contributed by atoms with Gasteiger partial charge in [0.25, 0.3) is 0 Å². The van der Waals surface area contributed by atoms with Crippen LogP contribution in [-0.2, 0) is 14.9 Å². The highest BCUT2D eigenvalue weighted by Gasteiger charge is 2.24. The zero-order chi connectivity index (χ0) is 30.1. The first-order valence-corrected chi connectivity index (χ1v) is 13.0. The number of aromatic nitrogens is 1. The molecule has 0 aliphatic rings. The largest absolute Gasteiger partial charge is 0.513 e. The maximum atomic E-state index is 12.9. The van der Waals surface area contributed by atoms with Crippen molar-refractivity contribution in [2.75, 3.05) is 27.4 Å². The van der Waals surface area contributed by atoms with E-state index in [0.717, 1.165) is 11.1 Å². The lowest BCUT2D eigenvalue weighted by molar-refractivity contribution is 0.103. The summed E-state index contributed by atoms with van der Waals surface area (Å²) in [4.78, 5) is 38.9. The number of benzene rings is 3. The van der Waals surface area contributed by atoms with E-state index >= 15 is 0 Å². The van der Waals surface area contributed by atoms with E-state index in [-0.39, 0.29) is 30.3 Å². The van der Waals surface area contributed by atoms with Crippen molar-refractivity contribution in [3.05, 3.63) is 107 Å². The summed E-state index contributed by atoms with van der Waals surface area (Å²) in [5.74, 6) is 1.15. The predicted octanol–water partition coefficient (Wildman–Crippen LogP) is 6.32. The molecule has 0 bridgehead atoms. The van der Waals surface area contributed by atoms with Crippen molar-refractivity contribution < 1.29 is 42.8 Å². The molecule has 42 heavy (non-hydrogen) atoms. The first kappa shape index (κ1) is 29.7. The Labute approximate surface area is 243 Å². The lowest BCUT2D eigenvalue weighted by atomic mass is 9.78. The molecule has 1 aromatic heterocycles. The van der Waals surface area contributed by atoms with Crippen LogP contribution in [0.25, 0.3) is 0 Å². The van der Waals surface area contributed by atoms with Gasteiger partial charge in [0, 0.05) is 23.2 Å². The third kappa shape index (κ3) is 7.48. The lowest BCUT2D eigenvalue weighted by Gasteiger charge is -2.27. The molecule has 0 unspecified atom stereocenters. The predicted molar refractivity (Wildman–Crippen MR) is 153 cm³/mol. The highest BCUT2D eigenvalue weighted by Crippen LogP contribution is 2.35.